The highest BCUT2D eigenvalue weighted by Gasteiger charge is 2.12. The molecule has 1 aromatic carbocycles. The van der Waals surface area contributed by atoms with Crippen molar-refractivity contribution >= 4 is 0 Å². The minimum absolute atomic E-state index is 0.0111. The molecule has 0 amide bonds. The van der Waals surface area contributed by atoms with Gasteiger partial charge < -0.3 is 15.0 Å². The van der Waals surface area contributed by atoms with E-state index in [0.717, 1.165) is 17.1 Å². The van der Waals surface area contributed by atoms with Crippen molar-refractivity contribution in [1.29, 1.82) is 0 Å². The Morgan fingerprint density at radius 3 is 2.72 bits per heavy atom. The second kappa shape index (κ2) is 5.23. The zero-order valence-corrected chi connectivity index (χ0v) is 11.0. The van der Waals surface area contributed by atoms with E-state index >= 15 is 0 Å². The van der Waals surface area contributed by atoms with Crippen LogP contribution in [0.15, 0.2) is 36.7 Å². The van der Waals surface area contributed by atoms with E-state index in [1.165, 1.54) is 0 Å². The van der Waals surface area contributed by atoms with E-state index < -0.39 is 0 Å². The Balaban J connectivity index is 2.14. The van der Waals surface area contributed by atoms with Gasteiger partial charge >= 0.3 is 0 Å². The van der Waals surface area contributed by atoms with Crippen molar-refractivity contribution in [2.75, 3.05) is 0 Å². The van der Waals surface area contributed by atoms with Gasteiger partial charge in [0.05, 0.1) is 0 Å². The zero-order chi connectivity index (χ0) is 13.1. The third-order valence-electron chi connectivity index (χ3n) is 2.92. The van der Waals surface area contributed by atoms with Gasteiger partial charge in [0.25, 0.3) is 0 Å². The molecule has 2 atom stereocenters. The third kappa shape index (κ3) is 2.71. The van der Waals surface area contributed by atoms with Crippen molar-refractivity contribution < 1.29 is 4.74 Å². The first-order valence-corrected chi connectivity index (χ1v) is 6.07. The predicted molar refractivity (Wildman–Crippen MR) is 71.3 cm³/mol. The van der Waals surface area contributed by atoms with Gasteiger partial charge in [-0.15, -0.1) is 0 Å². The molecule has 0 fully saturated rings. The average Bonchev–Trinajstić information content (AvgIpc) is 2.76. The second-order valence-corrected chi connectivity index (χ2v) is 4.52. The molecule has 2 aromatic rings. The molecule has 2 N–H and O–H groups in total. The van der Waals surface area contributed by atoms with Gasteiger partial charge in [-0.25, -0.2) is 4.98 Å². The average molecular weight is 245 g/mol. The topological polar surface area (TPSA) is 53.1 Å². The van der Waals surface area contributed by atoms with Crippen molar-refractivity contribution in [3.8, 4) is 5.75 Å². The molecule has 0 aliphatic heterocycles. The van der Waals surface area contributed by atoms with Crippen LogP contribution in [0.4, 0.5) is 0 Å². The van der Waals surface area contributed by atoms with E-state index in [0.29, 0.717) is 0 Å². The fourth-order valence-electron chi connectivity index (χ4n) is 1.90. The van der Waals surface area contributed by atoms with E-state index in [-0.39, 0.29) is 12.1 Å². The molecule has 0 aliphatic carbocycles. The first kappa shape index (κ1) is 12.6. The fraction of sp³-hybridized carbons (Fsp3) is 0.357. The minimum atomic E-state index is -0.0895. The number of imidazole rings is 1. The molecule has 0 spiro atoms. The Labute approximate surface area is 107 Å². The number of rotatable bonds is 4. The number of hydrogen-bond acceptors (Lipinski definition) is 3. The molecule has 18 heavy (non-hydrogen) atoms. The van der Waals surface area contributed by atoms with Crippen LogP contribution in [0.3, 0.4) is 0 Å². The van der Waals surface area contributed by atoms with Crippen molar-refractivity contribution in [3.63, 3.8) is 0 Å². The SMILES string of the molecule is CC(N)c1cccc(OC(C)c2nccn2C)c1. The monoisotopic (exact) mass is 245 g/mol. The molecule has 1 aromatic heterocycles. The lowest BCUT2D eigenvalue weighted by molar-refractivity contribution is 0.212. The molecule has 4 heteroatoms. The number of aromatic nitrogens is 2. The number of benzene rings is 1. The normalized spacial score (nSPS) is 14.2. The largest absolute Gasteiger partial charge is 0.483 e. The highest BCUT2D eigenvalue weighted by Crippen LogP contribution is 2.23. The number of ether oxygens (including phenoxy) is 1. The molecule has 2 unspecified atom stereocenters. The van der Waals surface area contributed by atoms with Crippen molar-refractivity contribution in [1.82, 2.24) is 9.55 Å². The first-order valence-electron chi connectivity index (χ1n) is 6.07. The van der Waals surface area contributed by atoms with E-state index in [9.17, 15) is 0 Å². The van der Waals surface area contributed by atoms with E-state index in [2.05, 4.69) is 4.98 Å². The van der Waals surface area contributed by atoms with Gasteiger partial charge in [0.15, 0.2) is 6.10 Å². The maximum absolute atomic E-state index is 5.89. The van der Waals surface area contributed by atoms with Gasteiger partial charge in [-0.1, -0.05) is 12.1 Å². The van der Waals surface area contributed by atoms with Crippen LogP contribution in [0.5, 0.6) is 5.75 Å². The first-order chi connectivity index (χ1) is 8.58. The summed E-state index contributed by atoms with van der Waals surface area (Å²) in [6.45, 7) is 3.95. The molecule has 4 nitrogen and oxygen atoms in total. The lowest BCUT2D eigenvalue weighted by Gasteiger charge is -2.15. The van der Waals surface area contributed by atoms with Gasteiger partial charge in [-0.3, -0.25) is 0 Å². The fourth-order valence-corrected chi connectivity index (χ4v) is 1.90. The maximum atomic E-state index is 5.89. The molecule has 0 bridgehead atoms. The van der Waals surface area contributed by atoms with E-state index in [1.807, 2.05) is 55.9 Å². The number of nitrogens with two attached hydrogens (primary N) is 1. The second-order valence-electron chi connectivity index (χ2n) is 4.52. The van der Waals surface area contributed by atoms with Gasteiger partial charge in [0.2, 0.25) is 0 Å². The Hall–Kier alpha value is -1.81. The molecule has 0 radical (unpaired) electrons. The summed E-state index contributed by atoms with van der Waals surface area (Å²) in [4.78, 5) is 4.28. The number of nitrogens with zero attached hydrogens (tertiary/aromatic N) is 2. The number of hydrogen-bond donors (Lipinski definition) is 1. The summed E-state index contributed by atoms with van der Waals surface area (Å²) in [5.41, 5.74) is 6.93. The van der Waals surface area contributed by atoms with Gasteiger partial charge in [0, 0.05) is 25.5 Å². The van der Waals surface area contributed by atoms with Crippen LogP contribution in [-0.2, 0) is 7.05 Å². The summed E-state index contributed by atoms with van der Waals surface area (Å²) in [5, 5.41) is 0. The zero-order valence-electron chi connectivity index (χ0n) is 11.0. The van der Waals surface area contributed by atoms with Crippen LogP contribution in [0, 0.1) is 0 Å². The summed E-state index contributed by atoms with van der Waals surface area (Å²) in [6.07, 6.45) is 3.59. The molecule has 0 saturated heterocycles. The van der Waals surface area contributed by atoms with Crippen LogP contribution < -0.4 is 10.5 Å². The third-order valence-corrected chi connectivity index (χ3v) is 2.92. The lowest BCUT2D eigenvalue weighted by Crippen LogP contribution is -2.10. The predicted octanol–water partition coefficient (Wildman–Crippen LogP) is 2.58. The Morgan fingerprint density at radius 1 is 1.33 bits per heavy atom. The molecular formula is C14H19N3O. The molecule has 0 saturated carbocycles. The summed E-state index contributed by atoms with van der Waals surface area (Å²) in [5.74, 6) is 1.72. The van der Waals surface area contributed by atoms with Gasteiger partial charge in [-0.2, -0.15) is 0 Å². The summed E-state index contributed by atoms with van der Waals surface area (Å²) in [6, 6.07) is 7.88. The van der Waals surface area contributed by atoms with E-state index in [1.54, 1.807) is 6.20 Å². The van der Waals surface area contributed by atoms with Crippen LogP contribution in [0.25, 0.3) is 0 Å². The summed E-state index contributed by atoms with van der Waals surface area (Å²) >= 11 is 0. The lowest BCUT2D eigenvalue weighted by atomic mass is 10.1. The highest BCUT2D eigenvalue weighted by atomic mass is 16.5. The maximum Gasteiger partial charge on any atom is 0.153 e. The van der Waals surface area contributed by atoms with Crippen LogP contribution >= 0.6 is 0 Å². The minimum Gasteiger partial charge on any atom is -0.483 e. The van der Waals surface area contributed by atoms with Gasteiger partial charge in [-0.05, 0) is 31.5 Å². The Morgan fingerprint density at radius 2 is 2.11 bits per heavy atom. The molecule has 0 aliphatic rings. The van der Waals surface area contributed by atoms with Crippen LogP contribution in [0.2, 0.25) is 0 Å². The Kier molecular flexibility index (Phi) is 3.67. The summed E-state index contributed by atoms with van der Waals surface area (Å²) < 4.78 is 7.85. The molecule has 96 valence electrons. The molecular weight excluding hydrogens is 226 g/mol. The smallest absolute Gasteiger partial charge is 0.153 e. The quantitative estimate of drug-likeness (QED) is 0.900. The molecule has 2 rings (SSSR count). The molecule has 1 heterocycles. The van der Waals surface area contributed by atoms with Crippen molar-refractivity contribution in [2.24, 2.45) is 12.8 Å². The van der Waals surface area contributed by atoms with E-state index in [4.69, 9.17) is 10.5 Å². The highest BCUT2D eigenvalue weighted by molar-refractivity contribution is 5.30. The van der Waals surface area contributed by atoms with Crippen molar-refractivity contribution in [2.45, 2.75) is 26.0 Å². The van der Waals surface area contributed by atoms with Crippen molar-refractivity contribution in [3.05, 3.63) is 48.0 Å². The standard InChI is InChI=1S/C14H19N3O/c1-10(15)12-5-4-6-13(9-12)18-11(2)14-16-7-8-17(14)3/h4-11H,15H2,1-3H3. The van der Waals surface area contributed by atoms with Crippen LogP contribution in [0.1, 0.15) is 37.4 Å². The number of aryl methyl sites for hydroxylation is 1. The Bertz CT molecular complexity index is 519. The van der Waals surface area contributed by atoms with Gasteiger partial charge in [0.1, 0.15) is 11.6 Å². The van der Waals surface area contributed by atoms with Crippen LogP contribution in [-0.4, -0.2) is 9.55 Å². The summed E-state index contributed by atoms with van der Waals surface area (Å²) in [7, 11) is 1.96.